The van der Waals surface area contributed by atoms with Crippen LogP contribution in [0.15, 0.2) is 55.6 Å². The number of rotatable bonds is 10. The van der Waals surface area contributed by atoms with Gasteiger partial charge in [-0.15, -0.1) is 13.2 Å². The molecule has 1 aromatic carbocycles. The number of allylic oxidation sites excluding steroid dienone is 1. The van der Waals surface area contributed by atoms with Gasteiger partial charge in [-0.2, -0.15) is 0 Å². The van der Waals surface area contributed by atoms with Crippen molar-refractivity contribution in [2.24, 2.45) is 0 Å². The van der Waals surface area contributed by atoms with Crippen molar-refractivity contribution in [3.8, 4) is 0 Å². The highest BCUT2D eigenvalue weighted by atomic mass is 16.7. The van der Waals surface area contributed by atoms with Gasteiger partial charge in [0.05, 0.1) is 13.2 Å². The molecule has 110 valence electrons. The molecule has 0 bridgehead atoms. The molecule has 0 fully saturated rings. The lowest BCUT2D eigenvalue weighted by Gasteiger charge is -2.29. The summed E-state index contributed by atoms with van der Waals surface area (Å²) < 4.78 is 11.6. The maximum Gasteiger partial charge on any atom is 0.159 e. The van der Waals surface area contributed by atoms with Crippen molar-refractivity contribution in [3.63, 3.8) is 0 Å². The minimum atomic E-state index is -0.789. The second kappa shape index (κ2) is 8.69. The van der Waals surface area contributed by atoms with Crippen molar-refractivity contribution >= 4 is 0 Å². The van der Waals surface area contributed by atoms with Crippen LogP contribution in [0.25, 0.3) is 0 Å². The molecule has 0 heterocycles. The SMILES string of the molecule is C=CCCC(OCc1ccccc1)O[C@](C)(C=C)CO. The van der Waals surface area contributed by atoms with Crippen LogP contribution in [-0.2, 0) is 16.1 Å². The molecule has 0 aromatic heterocycles. The van der Waals surface area contributed by atoms with Crippen molar-refractivity contribution in [1.29, 1.82) is 0 Å². The van der Waals surface area contributed by atoms with E-state index in [1.54, 1.807) is 13.0 Å². The molecule has 0 amide bonds. The van der Waals surface area contributed by atoms with Crippen molar-refractivity contribution < 1.29 is 14.6 Å². The van der Waals surface area contributed by atoms with Gasteiger partial charge in [-0.3, -0.25) is 0 Å². The average Bonchev–Trinajstić information content (AvgIpc) is 2.50. The fourth-order valence-corrected chi connectivity index (χ4v) is 1.64. The number of benzene rings is 1. The Hall–Kier alpha value is -1.42. The standard InChI is InChI=1S/C17H24O3/c1-4-6-12-16(20-17(3,5-2)14-18)19-13-15-10-8-7-9-11-15/h4-5,7-11,16,18H,1-2,6,12-14H2,3H3/t16?,17-/m1/s1. The predicted octanol–water partition coefficient (Wildman–Crippen LogP) is 3.45. The molecule has 0 radical (unpaired) electrons. The molecule has 1 unspecified atom stereocenters. The number of aliphatic hydroxyl groups is 1. The lowest BCUT2D eigenvalue weighted by Crippen LogP contribution is -2.36. The molecule has 0 aliphatic heterocycles. The van der Waals surface area contributed by atoms with Crippen molar-refractivity contribution in [3.05, 3.63) is 61.2 Å². The maximum atomic E-state index is 9.37. The van der Waals surface area contributed by atoms with Crippen LogP contribution in [0.3, 0.4) is 0 Å². The molecule has 20 heavy (non-hydrogen) atoms. The normalized spacial score (nSPS) is 15.3. The molecule has 1 aromatic rings. The van der Waals surface area contributed by atoms with Gasteiger partial charge in [-0.1, -0.05) is 42.5 Å². The fourth-order valence-electron chi connectivity index (χ4n) is 1.64. The summed E-state index contributed by atoms with van der Waals surface area (Å²) in [6.07, 6.45) is 4.51. The average molecular weight is 276 g/mol. The van der Waals surface area contributed by atoms with Gasteiger partial charge in [0, 0.05) is 6.42 Å². The smallest absolute Gasteiger partial charge is 0.159 e. The van der Waals surface area contributed by atoms with Crippen LogP contribution in [0.4, 0.5) is 0 Å². The third-order valence-electron chi connectivity index (χ3n) is 3.03. The van der Waals surface area contributed by atoms with E-state index in [1.165, 1.54) is 0 Å². The summed E-state index contributed by atoms with van der Waals surface area (Å²) in [5.74, 6) is 0. The van der Waals surface area contributed by atoms with Crippen LogP contribution in [0.1, 0.15) is 25.3 Å². The third kappa shape index (κ3) is 5.70. The molecule has 2 atom stereocenters. The molecule has 3 heteroatoms. The second-order valence-corrected chi connectivity index (χ2v) is 4.88. The van der Waals surface area contributed by atoms with Gasteiger partial charge in [0.15, 0.2) is 6.29 Å². The van der Waals surface area contributed by atoms with Gasteiger partial charge in [-0.25, -0.2) is 0 Å². The molecule has 0 saturated heterocycles. The largest absolute Gasteiger partial charge is 0.393 e. The molecule has 1 rings (SSSR count). The molecular weight excluding hydrogens is 252 g/mol. The van der Waals surface area contributed by atoms with E-state index in [1.807, 2.05) is 36.4 Å². The zero-order valence-corrected chi connectivity index (χ0v) is 12.1. The summed E-state index contributed by atoms with van der Waals surface area (Å²) in [6, 6.07) is 9.92. The van der Waals surface area contributed by atoms with Gasteiger partial charge < -0.3 is 14.6 Å². The third-order valence-corrected chi connectivity index (χ3v) is 3.03. The van der Waals surface area contributed by atoms with E-state index >= 15 is 0 Å². The summed E-state index contributed by atoms with van der Waals surface area (Å²) in [7, 11) is 0. The molecule has 1 N–H and O–H groups in total. The first-order valence-electron chi connectivity index (χ1n) is 6.82. The maximum absolute atomic E-state index is 9.37. The highest BCUT2D eigenvalue weighted by Gasteiger charge is 2.25. The van der Waals surface area contributed by atoms with Crippen LogP contribution in [0.2, 0.25) is 0 Å². The number of ether oxygens (including phenoxy) is 2. The van der Waals surface area contributed by atoms with Gasteiger partial charge in [0.25, 0.3) is 0 Å². The fraction of sp³-hybridized carbons (Fsp3) is 0.412. The first-order valence-corrected chi connectivity index (χ1v) is 6.82. The Bertz CT molecular complexity index is 402. The van der Waals surface area contributed by atoms with Crippen LogP contribution in [0.5, 0.6) is 0 Å². The predicted molar refractivity (Wildman–Crippen MR) is 81.2 cm³/mol. The van der Waals surface area contributed by atoms with Gasteiger partial charge in [0.1, 0.15) is 5.60 Å². The molecule has 0 aliphatic rings. The Kier molecular flexibility index (Phi) is 7.23. The highest BCUT2D eigenvalue weighted by molar-refractivity contribution is 5.13. The van der Waals surface area contributed by atoms with Crippen LogP contribution in [0, 0.1) is 0 Å². The lowest BCUT2D eigenvalue weighted by molar-refractivity contribution is -0.207. The monoisotopic (exact) mass is 276 g/mol. The van der Waals surface area contributed by atoms with E-state index in [9.17, 15) is 5.11 Å². The molecular formula is C17H24O3. The first-order chi connectivity index (χ1) is 9.63. The summed E-state index contributed by atoms with van der Waals surface area (Å²) in [6.45, 7) is 9.53. The van der Waals surface area contributed by atoms with E-state index in [4.69, 9.17) is 9.47 Å². The second-order valence-electron chi connectivity index (χ2n) is 4.88. The number of hydrogen-bond donors (Lipinski definition) is 1. The minimum Gasteiger partial charge on any atom is -0.393 e. The number of hydrogen-bond acceptors (Lipinski definition) is 3. The topological polar surface area (TPSA) is 38.7 Å². The quantitative estimate of drug-likeness (QED) is 0.525. The summed E-state index contributed by atoms with van der Waals surface area (Å²) in [5, 5.41) is 9.37. The van der Waals surface area contributed by atoms with Crippen molar-refractivity contribution in [2.45, 2.75) is 38.3 Å². The molecule has 3 nitrogen and oxygen atoms in total. The Morgan fingerprint density at radius 1 is 1.30 bits per heavy atom. The molecule has 0 aliphatic carbocycles. The van der Waals surface area contributed by atoms with Crippen molar-refractivity contribution in [1.82, 2.24) is 0 Å². The van der Waals surface area contributed by atoms with E-state index in [0.717, 1.165) is 12.0 Å². The lowest BCUT2D eigenvalue weighted by atomic mass is 10.1. The number of aliphatic hydroxyl groups excluding tert-OH is 1. The molecule has 0 spiro atoms. The van der Waals surface area contributed by atoms with E-state index in [-0.39, 0.29) is 6.61 Å². The zero-order chi connectivity index (χ0) is 14.8. The minimum absolute atomic E-state index is 0.129. The van der Waals surface area contributed by atoms with Gasteiger partial charge >= 0.3 is 0 Å². The zero-order valence-electron chi connectivity index (χ0n) is 12.1. The summed E-state index contributed by atoms with van der Waals surface area (Å²) in [5.41, 5.74) is 0.298. The van der Waals surface area contributed by atoms with Crippen LogP contribution in [-0.4, -0.2) is 23.6 Å². The highest BCUT2D eigenvalue weighted by Crippen LogP contribution is 2.19. The summed E-state index contributed by atoms with van der Waals surface area (Å²) in [4.78, 5) is 0. The van der Waals surface area contributed by atoms with Crippen LogP contribution >= 0.6 is 0 Å². The Balaban J connectivity index is 2.59. The van der Waals surface area contributed by atoms with Gasteiger partial charge in [0.2, 0.25) is 0 Å². The first kappa shape index (κ1) is 16.6. The van der Waals surface area contributed by atoms with Crippen molar-refractivity contribution in [2.75, 3.05) is 6.61 Å². The Morgan fingerprint density at radius 2 is 2.00 bits per heavy atom. The van der Waals surface area contributed by atoms with E-state index in [2.05, 4.69) is 13.2 Å². The molecule has 0 saturated carbocycles. The van der Waals surface area contributed by atoms with E-state index < -0.39 is 11.9 Å². The van der Waals surface area contributed by atoms with E-state index in [0.29, 0.717) is 13.0 Å². The Labute approximate surface area is 121 Å². The summed E-state index contributed by atoms with van der Waals surface area (Å²) >= 11 is 0. The van der Waals surface area contributed by atoms with Crippen LogP contribution < -0.4 is 0 Å². The Morgan fingerprint density at radius 3 is 2.55 bits per heavy atom. The van der Waals surface area contributed by atoms with Gasteiger partial charge in [-0.05, 0) is 18.9 Å².